The fourth-order valence-electron chi connectivity index (χ4n) is 10.7. The lowest BCUT2D eigenvalue weighted by atomic mass is 9.99. The Morgan fingerprint density at radius 2 is 0.533 bits per heavy atom. The number of carbonyl (C=O) groups excluding carboxylic acids is 4. The van der Waals surface area contributed by atoms with Gasteiger partial charge in [0.2, 0.25) is 0 Å². The Hall–Kier alpha value is -1.94. The number of ether oxygens (including phenoxy) is 4. The van der Waals surface area contributed by atoms with Crippen LogP contribution in [0.5, 0.6) is 0 Å². The first-order chi connectivity index (χ1) is 43.4. The number of hydrogen-bond donors (Lipinski definition) is 3. The highest BCUT2D eigenvalue weighted by atomic mass is 31.2. The second-order valence-electron chi connectivity index (χ2n) is 26.1. The summed E-state index contributed by atoms with van der Waals surface area (Å²) in [6, 6.07) is 0. The van der Waals surface area contributed by atoms with Crippen LogP contribution < -0.4 is 0 Å². The maximum Gasteiger partial charge on any atom is 0.472 e. The highest BCUT2D eigenvalue weighted by molar-refractivity contribution is 7.47. The third-order valence-electron chi connectivity index (χ3n) is 17.2. The van der Waals surface area contributed by atoms with Crippen molar-refractivity contribution in [1.29, 1.82) is 0 Å². The number of hydrogen-bond acceptors (Lipinski definition) is 15. The van der Waals surface area contributed by atoms with E-state index in [1.165, 1.54) is 173 Å². The molecule has 0 rings (SSSR count). The summed E-state index contributed by atoms with van der Waals surface area (Å²) >= 11 is 0. The summed E-state index contributed by atoms with van der Waals surface area (Å²) in [5.41, 5.74) is 0. The van der Waals surface area contributed by atoms with Crippen molar-refractivity contribution < 1.29 is 80.2 Å². The fraction of sp³-hybridized carbons (Fsp3) is 0.944. The third kappa shape index (κ3) is 62.2. The molecule has 534 valence electrons. The van der Waals surface area contributed by atoms with Crippen molar-refractivity contribution in [3.63, 3.8) is 0 Å². The van der Waals surface area contributed by atoms with Crippen molar-refractivity contribution in [3.05, 3.63) is 0 Å². The summed E-state index contributed by atoms with van der Waals surface area (Å²) in [5, 5.41) is 10.6. The van der Waals surface area contributed by atoms with Gasteiger partial charge in [0.05, 0.1) is 26.4 Å². The predicted octanol–water partition coefficient (Wildman–Crippen LogP) is 20.4. The molecule has 0 saturated heterocycles. The van der Waals surface area contributed by atoms with Crippen LogP contribution in [0.1, 0.15) is 363 Å². The molecule has 0 aliphatic carbocycles. The summed E-state index contributed by atoms with van der Waals surface area (Å²) in [4.78, 5) is 72.3. The number of aliphatic hydroxyl groups excluding tert-OH is 1. The van der Waals surface area contributed by atoms with Gasteiger partial charge in [-0.3, -0.25) is 37.3 Å². The molecule has 0 spiro atoms. The zero-order chi connectivity index (χ0) is 66.5. The minimum absolute atomic E-state index is 0.102. The number of carbonyl (C=O) groups is 4. The van der Waals surface area contributed by atoms with Crippen LogP contribution >= 0.6 is 15.6 Å². The van der Waals surface area contributed by atoms with E-state index in [0.29, 0.717) is 25.7 Å². The summed E-state index contributed by atoms with van der Waals surface area (Å²) in [7, 11) is -9.89. The van der Waals surface area contributed by atoms with Crippen LogP contribution in [-0.2, 0) is 65.4 Å². The molecule has 17 nitrogen and oxygen atoms in total. The molecule has 0 radical (unpaired) electrons. The van der Waals surface area contributed by atoms with Crippen LogP contribution in [0.15, 0.2) is 0 Å². The number of rotatable bonds is 70. The first-order valence-electron chi connectivity index (χ1n) is 37.1. The number of esters is 4. The smallest absolute Gasteiger partial charge is 0.462 e. The van der Waals surface area contributed by atoms with Crippen LogP contribution in [0.3, 0.4) is 0 Å². The standard InChI is InChI=1S/C71H138O17P2/c1-7-11-13-15-16-17-18-19-20-21-22-23-24-25-26-27-28-33-36-43-49-55-70(75)87-67(60-82-69(74)54-48-42-35-32-30-29-31-34-40-45-51-63(5)9-3)62-86-90(79,80)84-58-65(72)57-83-89(77,78)85-61-66(59-81-68(73)53-47-39-14-12-8-2)88-71(76)56-50-44-38-37-41-46-52-64(6)10-4/h63-67,72H,7-62H2,1-6H3,(H,77,78)(H,79,80)/t63?,64?,65-,66+,67+/m0/s1. The molecule has 4 unspecified atom stereocenters. The lowest BCUT2D eigenvalue weighted by molar-refractivity contribution is -0.161. The third-order valence-corrected chi connectivity index (χ3v) is 19.1. The van der Waals surface area contributed by atoms with Crippen molar-refractivity contribution in [2.45, 2.75) is 381 Å². The van der Waals surface area contributed by atoms with Gasteiger partial charge in [0, 0.05) is 25.7 Å². The maximum absolute atomic E-state index is 13.0. The molecule has 90 heavy (non-hydrogen) atoms. The molecule has 0 bridgehead atoms. The van der Waals surface area contributed by atoms with Gasteiger partial charge in [-0.15, -0.1) is 0 Å². The van der Waals surface area contributed by atoms with Crippen LogP contribution in [-0.4, -0.2) is 96.7 Å². The van der Waals surface area contributed by atoms with Crippen LogP contribution in [0, 0.1) is 11.8 Å². The van der Waals surface area contributed by atoms with Crippen LogP contribution in [0.4, 0.5) is 0 Å². The quantitative estimate of drug-likeness (QED) is 0.0222. The SMILES string of the molecule is CCCCCCCCCCCCCCCCCCCCCCCC(=O)O[C@H](COC(=O)CCCCCCCCCCCCC(C)CC)COP(=O)(O)OC[C@@H](O)COP(=O)(O)OC[C@@H](COC(=O)CCCCCCC)OC(=O)CCCCCCCCC(C)CC. The average molecular weight is 1330 g/mol. The highest BCUT2D eigenvalue weighted by Gasteiger charge is 2.30. The first kappa shape index (κ1) is 88.1. The molecule has 0 saturated carbocycles. The summed E-state index contributed by atoms with van der Waals surface area (Å²) in [6.07, 6.45) is 49.1. The monoisotopic (exact) mass is 1320 g/mol. The molecule has 0 aliphatic rings. The molecule has 19 heteroatoms. The average Bonchev–Trinajstić information content (AvgIpc) is 3.73. The molecule has 0 aliphatic heterocycles. The zero-order valence-corrected chi connectivity index (χ0v) is 60.2. The number of unbranched alkanes of at least 4 members (excludes halogenated alkanes) is 38. The fourth-order valence-corrected chi connectivity index (χ4v) is 12.3. The van der Waals surface area contributed by atoms with Gasteiger partial charge in [-0.1, -0.05) is 311 Å². The summed E-state index contributed by atoms with van der Waals surface area (Å²) in [5.74, 6) is -0.608. The second-order valence-corrected chi connectivity index (χ2v) is 29.0. The number of phosphoric ester groups is 2. The minimum atomic E-state index is -4.95. The Labute approximate surface area is 549 Å². The van der Waals surface area contributed by atoms with E-state index in [0.717, 1.165) is 108 Å². The Kier molecular flexibility index (Phi) is 61.8. The van der Waals surface area contributed by atoms with Crippen molar-refractivity contribution in [1.82, 2.24) is 0 Å². The lowest BCUT2D eigenvalue weighted by Gasteiger charge is -2.21. The molecular weight excluding hydrogens is 1190 g/mol. The van der Waals surface area contributed by atoms with E-state index in [1.807, 2.05) is 0 Å². The Morgan fingerprint density at radius 1 is 0.311 bits per heavy atom. The van der Waals surface area contributed by atoms with Crippen molar-refractivity contribution in [2.24, 2.45) is 11.8 Å². The summed E-state index contributed by atoms with van der Waals surface area (Å²) in [6.45, 7) is 9.44. The lowest BCUT2D eigenvalue weighted by Crippen LogP contribution is -2.30. The van der Waals surface area contributed by atoms with Crippen molar-refractivity contribution in [2.75, 3.05) is 39.6 Å². The maximum atomic E-state index is 13.0. The molecule has 0 aromatic carbocycles. The highest BCUT2D eigenvalue weighted by Crippen LogP contribution is 2.45. The Bertz CT molecular complexity index is 1760. The van der Waals surface area contributed by atoms with Gasteiger partial charge >= 0.3 is 39.5 Å². The Balaban J connectivity index is 5.12. The van der Waals surface area contributed by atoms with Gasteiger partial charge in [0.15, 0.2) is 12.2 Å². The molecule has 7 atom stereocenters. The van der Waals surface area contributed by atoms with E-state index in [-0.39, 0.29) is 25.7 Å². The van der Waals surface area contributed by atoms with Gasteiger partial charge in [-0.25, -0.2) is 9.13 Å². The largest absolute Gasteiger partial charge is 0.472 e. The number of phosphoric acid groups is 2. The normalized spacial score (nSPS) is 14.7. The number of aliphatic hydroxyl groups is 1. The van der Waals surface area contributed by atoms with Gasteiger partial charge < -0.3 is 33.8 Å². The van der Waals surface area contributed by atoms with Crippen LogP contribution in [0.25, 0.3) is 0 Å². The van der Waals surface area contributed by atoms with E-state index in [4.69, 9.17) is 37.0 Å². The molecule has 0 fully saturated rings. The van der Waals surface area contributed by atoms with Crippen molar-refractivity contribution >= 4 is 39.5 Å². The Morgan fingerprint density at radius 3 is 0.789 bits per heavy atom. The molecule has 3 N–H and O–H groups in total. The topological polar surface area (TPSA) is 237 Å². The van der Waals surface area contributed by atoms with Crippen LogP contribution in [0.2, 0.25) is 0 Å². The van der Waals surface area contributed by atoms with Gasteiger partial charge in [0.25, 0.3) is 0 Å². The van der Waals surface area contributed by atoms with Gasteiger partial charge in [-0.05, 0) is 37.5 Å². The summed E-state index contributed by atoms with van der Waals surface area (Å²) < 4.78 is 68.1. The van der Waals surface area contributed by atoms with E-state index >= 15 is 0 Å². The predicted molar refractivity (Wildman–Crippen MR) is 363 cm³/mol. The minimum Gasteiger partial charge on any atom is -0.462 e. The van der Waals surface area contributed by atoms with Gasteiger partial charge in [-0.2, -0.15) is 0 Å². The molecule has 0 aromatic heterocycles. The van der Waals surface area contributed by atoms with E-state index in [1.54, 1.807) is 0 Å². The molecule has 0 aromatic rings. The molecule has 0 heterocycles. The van der Waals surface area contributed by atoms with Gasteiger partial charge in [0.1, 0.15) is 19.3 Å². The molecular formula is C71H138O17P2. The molecule has 0 amide bonds. The first-order valence-corrected chi connectivity index (χ1v) is 40.1. The van der Waals surface area contributed by atoms with E-state index in [9.17, 15) is 43.2 Å². The van der Waals surface area contributed by atoms with Crippen molar-refractivity contribution in [3.8, 4) is 0 Å². The van der Waals surface area contributed by atoms with E-state index < -0.39 is 97.5 Å². The second kappa shape index (κ2) is 63.1. The zero-order valence-electron chi connectivity index (χ0n) is 58.4. The van der Waals surface area contributed by atoms with E-state index in [2.05, 4.69) is 41.5 Å².